The van der Waals surface area contributed by atoms with Gasteiger partial charge in [0.25, 0.3) is 11.8 Å². The van der Waals surface area contributed by atoms with Gasteiger partial charge in [0.15, 0.2) is 5.75 Å². The highest BCUT2D eigenvalue weighted by Crippen LogP contribution is 2.34. The number of benzene rings is 1. The van der Waals surface area contributed by atoms with Crippen LogP contribution in [-0.4, -0.2) is 57.2 Å². The van der Waals surface area contributed by atoms with Gasteiger partial charge in [-0.1, -0.05) is 0 Å². The van der Waals surface area contributed by atoms with E-state index in [2.05, 4.69) is 10.4 Å². The van der Waals surface area contributed by atoms with Gasteiger partial charge in [0.05, 0.1) is 23.4 Å². The minimum atomic E-state index is -0.502. The lowest BCUT2D eigenvalue weighted by Crippen LogP contribution is -2.34. The SMILES string of the molecule is CNC(=O)c1c(C)oc2cc(Oc3ccnn4cc(C(=O)N5CC(O)CC5C)c(C)c34)ccc12. The van der Waals surface area contributed by atoms with Gasteiger partial charge >= 0.3 is 0 Å². The number of carbonyl (C=O) groups excluding carboxylic acids is 2. The lowest BCUT2D eigenvalue weighted by Gasteiger charge is -2.20. The van der Waals surface area contributed by atoms with E-state index < -0.39 is 6.10 Å². The molecule has 0 radical (unpaired) electrons. The van der Waals surface area contributed by atoms with E-state index in [1.54, 1.807) is 60.0 Å². The lowest BCUT2D eigenvalue weighted by molar-refractivity contribution is 0.0725. The predicted molar refractivity (Wildman–Crippen MR) is 125 cm³/mol. The first-order valence-electron chi connectivity index (χ1n) is 11.2. The third kappa shape index (κ3) is 3.49. The zero-order valence-electron chi connectivity index (χ0n) is 19.5. The number of furan rings is 1. The van der Waals surface area contributed by atoms with Crippen molar-refractivity contribution in [1.29, 1.82) is 0 Å². The van der Waals surface area contributed by atoms with E-state index in [0.717, 1.165) is 5.56 Å². The van der Waals surface area contributed by atoms with Gasteiger partial charge in [0.1, 0.15) is 22.6 Å². The van der Waals surface area contributed by atoms with Crippen molar-refractivity contribution >= 4 is 28.3 Å². The number of ether oxygens (including phenoxy) is 1. The molecule has 4 aromatic rings. The minimum absolute atomic E-state index is 0.0308. The molecule has 2 atom stereocenters. The number of nitrogens with zero attached hydrogens (tertiary/aromatic N) is 3. The van der Waals surface area contributed by atoms with E-state index in [1.807, 2.05) is 13.8 Å². The molecule has 2 unspecified atom stereocenters. The molecular weight excluding hydrogens is 436 g/mol. The van der Waals surface area contributed by atoms with Gasteiger partial charge in [-0.25, -0.2) is 4.52 Å². The van der Waals surface area contributed by atoms with E-state index in [0.29, 0.717) is 57.8 Å². The van der Waals surface area contributed by atoms with Gasteiger partial charge < -0.3 is 24.5 Å². The molecule has 9 heteroatoms. The summed E-state index contributed by atoms with van der Waals surface area (Å²) in [5, 5.41) is 17.7. The summed E-state index contributed by atoms with van der Waals surface area (Å²) in [6.07, 6.45) is 3.38. The summed E-state index contributed by atoms with van der Waals surface area (Å²) in [6, 6.07) is 7.02. The summed E-state index contributed by atoms with van der Waals surface area (Å²) in [5.74, 6) is 1.26. The first-order chi connectivity index (χ1) is 16.3. The molecule has 1 aliphatic rings. The molecule has 2 amide bonds. The molecule has 4 heterocycles. The summed E-state index contributed by atoms with van der Waals surface area (Å²) in [6.45, 7) is 5.88. The molecule has 9 nitrogen and oxygen atoms in total. The summed E-state index contributed by atoms with van der Waals surface area (Å²) >= 11 is 0. The molecular formula is C25H26N4O5. The van der Waals surface area contributed by atoms with Gasteiger partial charge in [0.2, 0.25) is 0 Å². The molecule has 1 aromatic carbocycles. The Kier molecular flexibility index (Phi) is 5.28. The fourth-order valence-corrected chi connectivity index (χ4v) is 4.76. The number of likely N-dealkylation sites (tertiary alicyclic amines) is 1. The molecule has 1 fully saturated rings. The van der Waals surface area contributed by atoms with Crippen molar-refractivity contribution in [3.63, 3.8) is 0 Å². The average molecular weight is 463 g/mol. The number of amides is 2. The first kappa shape index (κ1) is 22.0. The monoisotopic (exact) mass is 462 g/mol. The number of β-amino-alcohol motifs (C(OH)–C–C–N with tert-alkyl or cyclic N) is 1. The number of nitrogens with one attached hydrogen (secondary N) is 1. The molecule has 0 spiro atoms. The number of hydrogen-bond donors (Lipinski definition) is 2. The van der Waals surface area contributed by atoms with Gasteiger partial charge in [-0.2, -0.15) is 5.10 Å². The number of rotatable bonds is 4. The van der Waals surface area contributed by atoms with Crippen molar-refractivity contribution in [3.8, 4) is 11.5 Å². The van der Waals surface area contributed by atoms with Gasteiger partial charge in [-0.15, -0.1) is 0 Å². The highest BCUT2D eigenvalue weighted by atomic mass is 16.5. The second kappa shape index (κ2) is 8.18. The van der Waals surface area contributed by atoms with Crippen LogP contribution >= 0.6 is 0 Å². The minimum Gasteiger partial charge on any atom is -0.460 e. The van der Waals surface area contributed by atoms with Crippen LogP contribution in [0.1, 0.15) is 45.4 Å². The Hall–Kier alpha value is -3.85. The molecule has 1 saturated heterocycles. The van der Waals surface area contributed by atoms with Crippen LogP contribution in [0.4, 0.5) is 0 Å². The first-order valence-corrected chi connectivity index (χ1v) is 11.2. The van der Waals surface area contributed by atoms with Gasteiger partial charge in [-0.05, 0) is 44.9 Å². The number of hydrogen-bond acceptors (Lipinski definition) is 6. The highest BCUT2D eigenvalue weighted by molar-refractivity contribution is 6.07. The highest BCUT2D eigenvalue weighted by Gasteiger charge is 2.33. The maximum absolute atomic E-state index is 13.2. The molecule has 0 saturated carbocycles. The fourth-order valence-electron chi connectivity index (χ4n) is 4.76. The Morgan fingerprint density at radius 2 is 2.06 bits per heavy atom. The second-order valence-corrected chi connectivity index (χ2v) is 8.72. The van der Waals surface area contributed by atoms with Crippen LogP contribution in [0.3, 0.4) is 0 Å². The Morgan fingerprint density at radius 3 is 2.76 bits per heavy atom. The quantitative estimate of drug-likeness (QED) is 0.481. The van der Waals surface area contributed by atoms with Crippen molar-refractivity contribution in [2.24, 2.45) is 0 Å². The zero-order valence-corrected chi connectivity index (χ0v) is 19.5. The summed E-state index contributed by atoms with van der Waals surface area (Å²) in [4.78, 5) is 27.1. The number of aryl methyl sites for hydroxylation is 2. The third-order valence-electron chi connectivity index (χ3n) is 6.45. The van der Waals surface area contributed by atoms with E-state index in [-0.39, 0.29) is 17.9 Å². The topological polar surface area (TPSA) is 109 Å². The average Bonchev–Trinajstić information content (AvgIpc) is 3.44. The number of aliphatic hydroxyl groups excluding tert-OH is 1. The number of aromatic nitrogens is 2. The lowest BCUT2D eigenvalue weighted by atomic mass is 10.1. The van der Waals surface area contributed by atoms with Crippen molar-refractivity contribution in [2.45, 2.75) is 39.3 Å². The van der Waals surface area contributed by atoms with Crippen molar-refractivity contribution in [3.05, 3.63) is 59.1 Å². The number of aliphatic hydroxyl groups is 1. The molecule has 0 bridgehead atoms. The van der Waals surface area contributed by atoms with Crippen LogP contribution in [-0.2, 0) is 0 Å². The molecule has 2 N–H and O–H groups in total. The fraction of sp³-hybridized carbons (Fsp3) is 0.320. The van der Waals surface area contributed by atoms with Crippen molar-refractivity contribution < 1.29 is 23.8 Å². The van der Waals surface area contributed by atoms with E-state index in [4.69, 9.17) is 9.15 Å². The van der Waals surface area contributed by atoms with E-state index in [9.17, 15) is 14.7 Å². The van der Waals surface area contributed by atoms with E-state index >= 15 is 0 Å². The molecule has 5 rings (SSSR count). The van der Waals surface area contributed by atoms with Gasteiger partial charge in [-0.3, -0.25) is 9.59 Å². The van der Waals surface area contributed by atoms with Crippen LogP contribution < -0.4 is 10.1 Å². The summed E-state index contributed by atoms with van der Waals surface area (Å²) < 4.78 is 13.6. The van der Waals surface area contributed by atoms with Gasteiger partial charge in [0, 0.05) is 43.4 Å². The van der Waals surface area contributed by atoms with Crippen LogP contribution in [0, 0.1) is 13.8 Å². The Balaban J connectivity index is 1.51. The van der Waals surface area contributed by atoms with Crippen LogP contribution in [0.2, 0.25) is 0 Å². The maximum atomic E-state index is 13.2. The Morgan fingerprint density at radius 1 is 1.26 bits per heavy atom. The molecule has 0 aliphatic carbocycles. The maximum Gasteiger partial charge on any atom is 0.256 e. The van der Waals surface area contributed by atoms with Crippen LogP contribution in [0.25, 0.3) is 16.5 Å². The largest absolute Gasteiger partial charge is 0.460 e. The van der Waals surface area contributed by atoms with Crippen LogP contribution in [0.5, 0.6) is 11.5 Å². The summed E-state index contributed by atoms with van der Waals surface area (Å²) in [5.41, 5.74) is 3.00. The third-order valence-corrected chi connectivity index (χ3v) is 6.45. The zero-order chi connectivity index (χ0) is 24.1. The normalized spacial score (nSPS) is 18.1. The number of carbonyl (C=O) groups is 2. The summed E-state index contributed by atoms with van der Waals surface area (Å²) in [7, 11) is 1.58. The Bertz CT molecular complexity index is 1440. The number of fused-ring (bicyclic) bond motifs is 2. The second-order valence-electron chi connectivity index (χ2n) is 8.72. The van der Waals surface area contributed by atoms with Crippen molar-refractivity contribution in [1.82, 2.24) is 19.8 Å². The predicted octanol–water partition coefficient (Wildman–Crippen LogP) is 3.44. The Labute approximate surface area is 195 Å². The molecule has 176 valence electrons. The smallest absolute Gasteiger partial charge is 0.256 e. The van der Waals surface area contributed by atoms with Crippen LogP contribution in [0.15, 0.2) is 41.1 Å². The molecule has 1 aliphatic heterocycles. The molecule has 34 heavy (non-hydrogen) atoms. The van der Waals surface area contributed by atoms with Crippen molar-refractivity contribution in [2.75, 3.05) is 13.6 Å². The molecule has 3 aromatic heterocycles. The van der Waals surface area contributed by atoms with E-state index in [1.165, 1.54) is 0 Å². The standard InChI is InChI=1S/C25H26N4O5/c1-13-9-16(30)11-28(13)25(32)19-12-29-23(14(19)2)20(7-8-27-29)34-17-5-6-18-21(10-17)33-15(3)22(18)24(31)26-4/h5-8,10,12-13,16,30H,9,11H2,1-4H3,(H,26,31).